The van der Waals surface area contributed by atoms with E-state index in [1.54, 1.807) is 4.90 Å². The summed E-state index contributed by atoms with van der Waals surface area (Å²) >= 11 is 5.89. The van der Waals surface area contributed by atoms with Crippen molar-refractivity contribution in [2.45, 2.75) is 24.3 Å². The Kier molecular flexibility index (Phi) is 7.12. The molecule has 0 aromatic heterocycles. The van der Waals surface area contributed by atoms with E-state index in [4.69, 9.17) is 17.3 Å². The van der Waals surface area contributed by atoms with Crippen LogP contribution in [0.1, 0.15) is 18.4 Å². The van der Waals surface area contributed by atoms with Crippen molar-refractivity contribution in [3.8, 4) is 0 Å². The van der Waals surface area contributed by atoms with Crippen LogP contribution in [0, 0.1) is 5.92 Å². The Balaban J connectivity index is 1.80. The summed E-state index contributed by atoms with van der Waals surface area (Å²) in [6, 6.07) is 15.0. The van der Waals surface area contributed by atoms with Crippen molar-refractivity contribution >= 4 is 33.4 Å². The average Bonchev–Trinajstić information content (AvgIpc) is 2.74. The second-order valence-corrected chi connectivity index (χ2v) is 9.64. The molecule has 2 amide bonds. The molecule has 9 heteroatoms. The summed E-state index contributed by atoms with van der Waals surface area (Å²) in [7, 11) is -3.92. The lowest BCUT2D eigenvalue weighted by Crippen LogP contribution is -2.46. The first-order chi connectivity index (χ1) is 14.3. The normalized spacial score (nSPS) is 15.3. The van der Waals surface area contributed by atoms with E-state index in [0.29, 0.717) is 31.0 Å². The molecule has 0 atom stereocenters. The van der Waals surface area contributed by atoms with E-state index in [0.717, 1.165) is 5.56 Å². The van der Waals surface area contributed by atoms with Gasteiger partial charge in [-0.05, 0) is 42.7 Å². The third-order valence-corrected chi connectivity index (χ3v) is 7.27. The Morgan fingerprint density at radius 2 is 1.63 bits per heavy atom. The SMILES string of the molecule is NC(=O)C1CCN(C(=O)CN(Cc2ccccc2)S(=O)(=O)c2ccc(Cl)cc2)CC1. The zero-order chi connectivity index (χ0) is 21.7. The predicted molar refractivity (Wildman–Crippen MR) is 114 cm³/mol. The Morgan fingerprint density at radius 3 is 2.20 bits per heavy atom. The highest BCUT2D eigenvalue weighted by molar-refractivity contribution is 7.89. The molecule has 1 aliphatic rings. The monoisotopic (exact) mass is 449 g/mol. The Labute approximate surface area is 181 Å². The predicted octanol–water partition coefficient (Wildman–Crippen LogP) is 2.25. The molecule has 0 saturated carbocycles. The molecule has 2 aromatic rings. The molecule has 3 rings (SSSR count). The number of halogens is 1. The van der Waals surface area contributed by atoms with E-state index < -0.39 is 10.0 Å². The van der Waals surface area contributed by atoms with Crippen molar-refractivity contribution in [2.24, 2.45) is 11.7 Å². The van der Waals surface area contributed by atoms with Gasteiger partial charge in [-0.25, -0.2) is 8.42 Å². The van der Waals surface area contributed by atoms with Crippen LogP contribution in [0.5, 0.6) is 0 Å². The van der Waals surface area contributed by atoms with Crippen molar-refractivity contribution in [1.29, 1.82) is 0 Å². The lowest BCUT2D eigenvalue weighted by Gasteiger charge is -2.32. The Bertz CT molecular complexity index is 989. The van der Waals surface area contributed by atoms with Gasteiger partial charge in [-0.2, -0.15) is 4.31 Å². The number of benzene rings is 2. The maximum atomic E-state index is 13.3. The number of nitrogens with zero attached hydrogens (tertiary/aromatic N) is 2. The molecule has 0 spiro atoms. The van der Waals surface area contributed by atoms with Crippen LogP contribution in [-0.2, 0) is 26.2 Å². The van der Waals surface area contributed by atoms with Crippen molar-refractivity contribution < 1.29 is 18.0 Å². The van der Waals surface area contributed by atoms with Crippen molar-refractivity contribution in [3.05, 3.63) is 65.2 Å². The summed E-state index contributed by atoms with van der Waals surface area (Å²) in [5.74, 6) is -0.906. The highest BCUT2D eigenvalue weighted by Gasteiger charge is 2.31. The topological polar surface area (TPSA) is 101 Å². The van der Waals surface area contributed by atoms with Crippen LogP contribution in [0.3, 0.4) is 0 Å². The fourth-order valence-corrected chi connectivity index (χ4v) is 4.94. The lowest BCUT2D eigenvalue weighted by molar-refractivity contribution is -0.135. The number of hydrogen-bond donors (Lipinski definition) is 1. The van der Waals surface area contributed by atoms with Gasteiger partial charge in [0.25, 0.3) is 0 Å². The first-order valence-corrected chi connectivity index (χ1v) is 11.5. The van der Waals surface area contributed by atoms with Gasteiger partial charge >= 0.3 is 0 Å². The fourth-order valence-electron chi connectivity index (χ4n) is 3.43. The minimum atomic E-state index is -3.92. The Morgan fingerprint density at radius 1 is 1.03 bits per heavy atom. The second-order valence-electron chi connectivity index (χ2n) is 7.27. The minimum Gasteiger partial charge on any atom is -0.369 e. The molecule has 2 aromatic carbocycles. The molecule has 1 heterocycles. The molecule has 0 bridgehead atoms. The molecule has 1 saturated heterocycles. The molecule has 160 valence electrons. The molecule has 0 radical (unpaired) electrons. The van der Waals surface area contributed by atoms with E-state index in [1.165, 1.54) is 28.6 Å². The molecule has 1 fully saturated rings. The van der Waals surface area contributed by atoms with Crippen LogP contribution in [-0.4, -0.2) is 49.1 Å². The van der Waals surface area contributed by atoms with E-state index in [-0.39, 0.29) is 35.7 Å². The van der Waals surface area contributed by atoms with Gasteiger partial charge in [-0.1, -0.05) is 41.9 Å². The first kappa shape index (κ1) is 22.3. The number of sulfonamides is 1. The third kappa shape index (κ3) is 5.38. The summed E-state index contributed by atoms with van der Waals surface area (Å²) in [5, 5.41) is 0.428. The summed E-state index contributed by atoms with van der Waals surface area (Å²) < 4.78 is 27.7. The highest BCUT2D eigenvalue weighted by atomic mass is 35.5. The minimum absolute atomic E-state index is 0.0648. The summed E-state index contributed by atoms with van der Waals surface area (Å²) in [6.07, 6.45) is 0.980. The van der Waals surface area contributed by atoms with Crippen molar-refractivity contribution in [1.82, 2.24) is 9.21 Å². The molecular weight excluding hydrogens is 426 g/mol. The molecule has 7 nitrogen and oxygen atoms in total. The lowest BCUT2D eigenvalue weighted by atomic mass is 9.96. The summed E-state index contributed by atoms with van der Waals surface area (Å²) in [4.78, 5) is 25.9. The number of hydrogen-bond acceptors (Lipinski definition) is 4. The maximum absolute atomic E-state index is 13.3. The van der Waals surface area contributed by atoms with Crippen molar-refractivity contribution in [3.63, 3.8) is 0 Å². The number of nitrogens with two attached hydrogens (primary N) is 1. The average molecular weight is 450 g/mol. The van der Waals surface area contributed by atoms with Gasteiger partial charge in [0.05, 0.1) is 11.4 Å². The van der Waals surface area contributed by atoms with E-state index in [2.05, 4.69) is 0 Å². The van der Waals surface area contributed by atoms with Crippen LogP contribution in [0.4, 0.5) is 0 Å². The van der Waals surface area contributed by atoms with E-state index in [9.17, 15) is 18.0 Å². The number of carbonyl (C=O) groups is 2. The van der Waals surface area contributed by atoms with Gasteiger partial charge < -0.3 is 10.6 Å². The zero-order valence-corrected chi connectivity index (χ0v) is 18.0. The van der Waals surface area contributed by atoms with Crippen LogP contribution in [0.25, 0.3) is 0 Å². The van der Waals surface area contributed by atoms with Gasteiger partial charge in [0.15, 0.2) is 0 Å². The highest BCUT2D eigenvalue weighted by Crippen LogP contribution is 2.22. The number of primary amides is 1. The van der Waals surface area contributed by atoms with Crippen LogP contribution in [0.15, 0.2) is 59.5 Å². The van der Waals surface area contributed by atoms with Gasteiger partial charge in [-0.3, -0.25) is 9.59 Å². The standard InChI is InChI=1S/C21H24ClN3O4S/c22-18-6-8-19(9-7-18)30(28,29)25(14-16-4-2-1-3-5-16)15-20(26)24-12-10-17(11-13-24)21(23)27/h1-9,17H,10-15H2,(H2,23,27). The number of likely N-dealkylation sites (tertiary alicyclic amines) is 1. The molecule has 1 aliphatic heterocycles. The fraction of sp³-hybridized carbons (Fsp3) is 0.333. The number of carbonyl (C=O) groups excluding carboxylic acids is 2. The van der Waals surface area contributed by atoms with E-state index >= 15 is 0 Å². The molecule has 30 heavy (non-hydrogen) atoms. The number of piperidine rings is 1. The molecule has 0 aliphatic carbocycles. The molecule has 2 N–H and O–H groups in total. The second kappa shape index (κ2) is 9.59. The van der Waals surface area contributed by atoms with Gasteiger partial charge in [0, 0.05) is 30.6 Å². The zero-order valence-electron chi connectivity index (χ0n) is 16.4. The van der Waals surface area contributed by atoms with Gasteiger partial charge in [0.1, 0.15) is 0 Å². The van der Waals surface area contributed by atoms with Crippen LogP contribution >= 0.6 is 11.6 Å². The van der Waals surface area contributed by atoms with Gasteiger partial charge in [-0.15, -0.1) is 0 Å². The maximum Gasteiger partial charge on any atom is 0.243 e. The largest absolute Gasteiger partial charge is 0.369 e. The summed E-state index contributed by atoms with van der Waals surface area (Å²) in [6.45, 7) is 0.537. The number of amides is 2. The van der Waals surface area contributed by atoms with Gasteiger partial charge in [0.2, 0.25) is 21.8 Å². The Hall–Kier alpha value is -2.42. The quantitative estimate of drug-likeness (QED) is 0.700. The summed E-state index contributed by atoms with van der Waals surface area (Å²) in [5.41, 5.74) is 6.12. The smallest absolute Gasteiger partial charge is 0.243 e. The number of rotatable bonds is 7. The van der Waals surface area contributed by atoms with Crippen LogP contribution in [0.2, 0.25) is 5.02 Å². The molecule has 0 unspecified atom stereocenters. The molecular formula is C21H24ClN3O4S. The van der Waals surface area contributed by atoms with E-state index in [1.807, 2.05) is 30.3 Å². The third-order valence-electron chi connectivity index (χ3n) is 5.21. The van der Waals surface area contributed by atoms with Crippen molar-refractivity contribution in [2.75, 3.05) is 19.6 Å². The first-order valence-electron chi connectivity index (χ1n) is 9.64. The van der Waals surface area contributed by atoms with Crippen LogP contribution < -0.4 is 5.73 Å².